The van der Waals surface area contributed by atoms with Crippen LogP contribution in [0.3, 0.4) is 0 Å². The number of aromatic nitrogens is 4. The molecule has 0 spiro atoms. The summed E-state index contributed by atoms with van der Waals surface area (Å²) in [6, 6.07) is 10.2. The number of hydrogen-bond donors (Lipinski definition) is 1. The highest BCUT2D eigenvalue weighted by atomic mass is 15.6. The first-order chi connectivity index (χ1) is 8.92. The smallest absolute Gasteiger partial charge is 0.179 e. The van der Waals surface area contributed by atoms with Crippen molar-refractivity contribution >= 4 is 0 Å². The van der Waals surface area contributed by atoms with Gasteiger partial charge in [0.1, 0.15) is 0 Å². The van der Waals surface area contributed by atoms with Crippen LogP contribution < -0.4 is 5.32 Å². The van der Waals surface area contributed by atoms with Gasteiger partial charge < -0.3 is 5.32 Å². The second-order valence-corrected chi connectivity index (χ2v) is 4.71. The van der Waals surface area contributed by atoms with Gasteiger partial charge in [0.2, 0.25) is 0 Å². The Balaban J connectivity index is 1.69. The summed E-state index contributed by atoms with van der Waals surface area (Å²) in [5, 5.41) is 16.2. The SMILES string of the molecule is c1ccc(Cn2nnc(C3CCCNC3)n2)cc1. The Morgan fingerprint density at radius 2 is 2.17 bits per heavy atom. The normalized spacial score (nSPS) is 19.9. The number of tetrazole rings is 1. The van der Waals surface area contributed by atoms with Crippen LogP contribution in [0.2, 0.25) is 0 Å². The molecule has 0 aliphatic carbocycles. The van der Waals surface area contributed by atoms with Crippen molar-refractivity contribution in [1.82, 2.24) is 25.5 Å². The van der Waals surface area contributed by atoms with Gasteiger partial charge in [0, 0.05) is 12.5 Å². The molecule has 1 aliphatic rings. The molecule has 0 bridgehead atoms. The average molecular weight is 243 g/mol. The molecule has 1 aromatic carbocycles. The summed E-state index contributed by atoms with van der Waals surface area (Å²) in [6.45, 7) is 2.76. The summed E-state index contributed by atoms with van der Waals surface area (Å²) in [7, 11) is 0. The lowest BCUT2D eigenvalue weighted by molar-refractivity contribution is 0.444. The first kappa shape index (κ1) is 11.3. The van der Waals surface area contributed by atoms with Crippen molar-refractivity contribution in [3.05, 3.63) is 41.7 Å². The number of benzene rings is 1. The lowest BCUT2D eigenvalue weighted by atomic mass is 9.99. The molecule has 94 valence electrons. The molecule has 1 N–H and O–H groups in total. The summed E-state index contributed by atoms with van der Waals surface area (Å²) in [4.78, 5) is 1.68. The van der Waals surface area contributed by atoms with Gasteiger partial charge in [-0.3, -0.25) is 0 Å². The molecule has 1 saturated heterocycles. The van der Waals surface area contributed by atoms with Crippen molar-refractivity contribution in [2.75, 3.05) is 13.1 Å². The Bertz CT molecular complexity index is 487. The number of rotatable bonds is 3. The van der Waals surface area contributed by atoms with Gasteiger partial charge in [-0.1, -0.05) is 30.3 Å². The summed E-state index contributed by atoms with van der Waals surface area (Å²) in [5.41, 5.74) is 1.20. The average Bonchev–Trinajstić information content (AvgIpc) is 2.89. The molecular weight excluding hydrogens is 226 g/mol. The molecule has 5 nitrogen and oxygen atoms in total. The Morgan fingerprint density at radius 1 is 1.28 bits per heavy atom. The van der Waals surface area contributed by atoms with Gasteiger partial charge in [-0.15, -0.1) is 10.2 Å². The van der Waals surface area contributed by atoms with E-state index in [0.717, 1.165) is 25.3 Å². The fraction of sp³-hybridized carbons (Fsp3) is 0.462. The zero-order valence-electron chi connectivity index (χ0n) is 10.3. The zero-order chi connectivity index (χ0) is 12.2. The van der Waals surface area contributed by atoms with E-state index >= 15 is 0 Å². The molecule has 1 fully saturated rings. The number of piperidine rings is 1. The van der Waals surface area contributed by atoms with E-state index in [4.69, 9.17) is 0 Å². The van der Waals surface area contributed by atoms with Crippen molar-refractivity contribution in [1.29, 1.82) is 0 Å². The van der Waals surface area contributed by atoms with Gasteiger partial charge in [0.05, 0.1) is 6.54 Å². The first-order valence-electron chi connectivity index (χ1n) is 6.44. The standard InChI is InChI=1S/C13H17N5/c1-2-5-11(6-3-1)10-18-16-13(15-17-18)12-7-4-8-14-9-12/h1-3,5-6,12,14H,4,7-10H2. The van der Waals surface area contributed by atoms with Crippen LogP contribution in [-0.2, 0) is 6.54 Å². The quantitative estimate of drug-likeness (QED) is 0.879. The second-order valence-electron chi connectivity index (χ2n) is 4.71. The minimum atomic E-state index is 0.420. The number of nitrogens with zero attached hydrogens (tertiary/aromatic N) is 4. The Labute approximate surface area is 106 Å². The number of nitrogens with one attached hydrogen (secondary N) is 1. The van der Waals surface area contributed by atoms with Crippen molar-refractivity contribution in [3.8, 4) is 0 Å². The maximum Gasteiger partial charge on any atom is 0.179 e. The predicted molar refractivity (Wildman–Crippen MR) is 68.2 cm³/mol. The van der Waals surface area contributed by atoms with Crippen molar-refractivity contribution in [3.63, 3.8) is 0 Å². The highest BCUT2D eigenvalue weighted by Crippen LogP contribution is 2.18. The van der Waals surface area contributed by atoms with Gasteiger partial charge in [-0.2, -0.15) is 4.80 Å². The van der Waals surface area contributed by atoms with Crippen LogP contribution in [0.15, 0.2) is 30.3 Å². The molecule has 1 aromatic heterocycles. The van der Waals surface area contributed by atoms with Gasteiger partial charge in [0.15, 0.2) is 5.82 Å². The molecule has 18 heavy (non-hydrogen) atoms. The molecule has 3 rings (SSSR count). The molecule has 2 aromatic rings. The van der Waals surface area contributed by atoms with E-state index in [1.165, 1.54) is 12.0 Å². The molecular formula is C13H17N5. The highest BCUT2D eigenvalue weighted by molar-refractivity contribution is 5.14. The lowest BCUT2D eigenvalue weighted by Crippen LogP contribution is -2.29. The minimum absolute atomic E-state index is 0.420. The maximum atomic E-state index is 4.48. The van der Waals surface area contributed by atoms with Crippen LogP contribution in [0, 0.1) is 0 Å². The van der Waals surface area contributed by atoms with Crippen molar-refractivity contribution in [2.24, 2.45) is 0 Å². The van der Waals surface area contributed by atoms with Crippen molar-refractivity contribution < 1.29 is 0 Å². The van der Waals surface area contributed by atoms with Crippen LogP contribution in [0.5, 0.6) is 0 Å². The molecule has 0 radical (unpaired) electrons. The molecule has 0 saturated carbocycles. The summed E-state index contributed by atoms with van der Waals surface area (Å²) in [5.74, 6) is 1.29. The van der Waals surface area contributed by atoms with Crippen LogP contribution in [0.4, 0.5) is 0 Å². The fourth-order valence-corrected chi connectivity index (χ4v) is 2.30. The van der Waals surface area contributed by atoms with E-state index in [9.17, 15) is 0 Å². The number of hydrogen-bond acceptors (Lipinski definition) is 4. The van der Waals surface area contributed by atoms with Gasteiger partial charge in [0.25, 0.3) is 0 Å². The van der Waals surface area contributed by atoms with Crippen LogP contribution >= 0.6 is 0 Å². The van der Waals surface area contributed by atoms with E-state index in [1.807, 2.05) is 18.2 Å². The third-order valence-corrected chi connectivity index (χ3v) is 3.30. The maximum absolute atomic E-state index is 4.48. The lowest BCUT2D eigenvalue weighted by Gasteiger charge is -2.19. The van der Waals surface area contributed by atoms with Gasteiger partial charge in [-0.05, 0) is 30.2 Å². The van der Waals surface area contributed by atoms with Crippen LogP contribution in [0.25, 0.3) is 0 Å². The van der Waals surface area contributed by atoms with E-state index in [-0.39, 0.29) is 0 Å². The first-order valence-corrected chi connectivity index (χ1v) is 6.44. The fourth-order valence-electron chi connectivity index (χ4n) is 2.30. The van der Waals surface area contributed by atoms with Crippen molar-refractivity contribution in [2.45, 2.75) is 25.3 Å². The summed E-state index contributed by atoms with van der Waals surface area (Å²) < 4.78 is 0. The second kappa shape index (κ2) is 5.27. The molecule has 5 heteroatoms. The predicted octanol–water partition coefficient (Wildman–Crippen LogP) is 1.19. The summed E-state index contributed by atoms with van der Waals surface area (Å²) >= 11 is 0. The monoisotopic (exact) mass is 243 g/mol. The van der Waals surface area contributed by atoms with E-state index < -0.39 is 0 Å². The Hall–Kier alpha value is -1.75. The zero-order valence-corrected chi connectivity index (χ0v) is 10.3. The summed E-state index contributed by atoms with van der Waals surface area (Å²) in [6.07, 6.45) is 2.35. The third kappa shape index (κ3) is 2.56. The van der Waals surface area contributed by atoms with E-state index in [1.54, 1.807) is 4.80 Å². The largest absolute Gasteiger partial charge is 0.316 e. The molecule has 2 heterocycles. The Kier molecular flexibility index (Phi) is 3.32. The Morgan fingerprint density at radius 3 is 2.94 bits per heavy atom. The molecule has 1 aliphatic heterocycles. The molecule has 1 atom stereocenters. The van der Waals surface area contributed by atoms with Gasteiger partial charge >= 0.3 is 0 Å². The van der Waals surface area contributed by atoms with Gasteiger partial charge in [-0.25, -0.2) is 0 Å². The third-order valence-electron chi connectivity index (χ3n) is 3.30. The topological polar surface area (TPSA) is 55.6 Å². The van der Waals surface area contributed by atoms with Crippen LogP contribution in [0.1, 0.15) is 30.1 Å². The van der Waals surface area contributed by atoms with E-state index in [2.05, 4.69) is 32.9 Å². The molecule has 0 amide bonds. The highest BCUT2D eigenvalue weighted by Gasteiger charge is 2.19. The minimum Gasteiger partial charge on any atom is -0.316 e. The molecule has 1 unspecified atom stereocenters. The van der Waals surface area contributed by atoms with E-state index in [0.29, 0.717) is 12.5 Å². The van der Waals surface area contributed by atoms with Crippen LogP contribution in [-0.4, -0.2) is 33.3 Å².